The molecule has 1 N–H and O–H groups in total. The average molecular weight is 258 g/mol. The molecule has 2 aromatic heterocycles. The van der Waals surface area contributed by atoms with Crippen LogP contribution >= 0.6 is 0 Å². The lowest BCUT2D eigenvalue weighted by Crippen LogP contribution is -2.15. The van der Waals surface area contributed by atoms with Crippen LogP contribution in [0, 0.1) is 13.8 Å². The Morgan fingerprint density at radius 1 is 1.21 bits per heavy atom. The van der Waals surface area contributed by atoms with Gasteiger partial charge in [-0.2, -0.15) is 0 Å². The molecule has 0 fully saturated rings. The van der Waals surface area contributed by atoms with Crippen molar-refractivity contribution in [3.8, 4) is 0 Å². The van der Waals surface area contributed by atoms with Gasteiger partial charge in [-0.25, -0.2) is 4.98 Å². The first-order chi connectivity index (χ1) is 9.20. The molecule has 0 saturated carbocycles. The first-order valence-electron chi connectivity index (χ1n) is 6.84. The topological polar surface area (TPSA) is 42.7 Å². The van der Waals surface area contributed by atoms with E-state index in [4.69, 9.17) is 0 Å². The van der Waals surface area contributed by atoms with Crippen molar-refractivity contribution in [2.45, 2.75) is 40.3 Å². The monoisotopic (exact) mass is 258 g/mol. The van der Waals surface area contributed by atoms with Crippen molar-refractivity contribution < 1.29 is 0 Å². The largest absolute Gasteiger partial charge is 0.329 e. The molecular formula is C15H22N4. The smallest absolute Gasteiger partial charge is 0.0955 e. The molecule has 0 aliphatic rings. The minimum absolute atomic E-state index is 0.786. The van der Waals surface area contributed by atoms with E-state index < -0.39 is 0 Å². The summed E-state index contributed by atoms with van der Waals surface area (Å²) in [6.07, 6.45) is 3.03. The normalized spacial score (nSPS) is 10.9. The lowest BCUT2D eigenvalue weighted by atomic mass is 10.3. The molecule has 0 unspecified atom stereocenters. The van der Waals surface area contributed by atoms with Crippen LogP contribution < -0.4 is 5.32 Å². The molecule has 2 rings (SSSR count). The first kappa shape index (κ1) is 13.7. The van der Waals surface area contributed by atoms with Crippen molar-refractivity contribution in [2.24, 2.45) is 0 Å². The number of aryl methyl sites for hydroxylation is 1. The van der Waals surface area contributed by atoms with Crippen LogP contribution in [0.25, 0.3) is 0 Å². The highest BCUT2D eigenvalue weighted by Crippen LogP contribution is 2.08. The lowest BCUT2D eigenvalue weighted by Gasteiger charge is -2.08. The fraction of sp³-hybridized carbons (Fsp3) is 0.467. The zero-order chi connectivity index (χ0) is 13.7. The van der Waals surface area contributed by atoms with Gasteiger partial charge in [0.05, 0.1) is 30.0 Å². The van der Waals surface area contributed by atoms with Crippen molar-refractivity contribution in [2.75, 3.05) is 6.54 Å². The van der Waals surface area contributed by atoms with Gasteiger partial charge in [0.2, 0.25) is 0 Å². The number of hydrogen-bond donors (Lipinski definition) is 1. The summed E-state index contributed by atoms with van der Waals surface area (Å²) in [6, 6.07) is 6.21. The summed E-state index contributed by atoms with van der Waals surface area (Å²) in [5, 5.41) is 3.38. The average Bonchev–Trinajstić information content (AvgIpc) is 2.72. The quantitative estimate of drug-likeness (QED) is 0.809. The van der Waals surface area contributed by atoms with Gasteiger partial charge in [-0.05, 0) is 38.9 Å². The van der Waals surface area contributed by atoms with Crippen LogP contribution in [0.15, 0.2) is 24.5 Å². The third-order valence-electron chi connectivity index (χ3n) is 3.27. The number of aromatic nitrogens is 3. The van der Waals surface area contributed by atoms with Crippen LogP contribution in [-0.4, -0.2) is 21.1 Å². The third-order valence-corrected chi connectivity index (χ3v) is 3.27. The molecule has 0 radical (unpaired) electrons. The molecule has 0 aliphatic heterocycles. The standard InChI is InChI=1S/C15H22N4/c1-4-8-16-9-14-6-5-7-15(18-14)10-19-11-17-12(2)13(19)3/h5-7,11,16H,4,8-10H2,1-3H3. The highest BCUT2D eigenvalue weighted by atomic mass is 15.1. The highest BCUT2D eigenvalue weighted by Gasteiger charge is 2.04. The number of pyridine rings is 1. The Morgan fingerprint density at radius 3 is 2.68 bits per heavy atom. The van der Waals surface area contributed by atoms with E-state index in [0.717, 1.165) is 43.1 Å². The molecule has 0 aromatic carbocycles. The lowest BCUT2D eigenvalue weighted by molar-refractivity contribution is 0.657. The van der Waals surface area contributed by atoms with Crippen molar-refractivity contribution in [1.82, 2.24) is 19.9 Å². The van der Waals surface area contributed by atoms with E-state index in [9.17, 15) is 0 Å². The van der Waals surface area contributed by atoms with Crippen molar-refractivity contribution in [3.63, 3.8) is 0 Å². The maximum absolute atomic E-state index is 4.68. The fourth-order valence-electron chi connectivity index (χ4n) is 1.99. The van der Waals surface area contributed by atoms with Gasteiger partial charge in [-0.3, -0.25) is 4.98 Å². The Bertz CT molecular complexity index is 531. The molecule has 2 heterocycles. The summed E-state index contributed by atoms with van der Waals surface area (Å²) in [5.41, 5.74) is 4.47. The van der Waals surface area contributed by atoms with Gasteiger partial charge >= 0.3 is 0 Å². The SMILES string of the molecule is CCCNCc1cccc(Cn2cnc(C)c2C)n1. The molecule has 4 nitrogen and oxygen atoms in total. The maximum atomic E-state index is 4.68. The number of nitrogens with zero attached hydrogens (tertiary/aromatic N) is 3. The highest BCUT2D eigenvalue weighted by molar-refractivity contribution is 5.15. The van der Waals surface area contributed by atoms with E-state index >= 15 is 0 Å². The van der Waals surface area contributed by atoms with Crippen LogP contribution in [0.1, 0.15) is 36.1 Å². The predicted molar refractivity (Wildman–Crippen MR) is 77.0 cm³/mol. The molecule has 0 atom stereocenters. The van der Waals surface area contributed by atoms with E-state index in [0.29, 0.717) is 0 Å². The van der Waals surface area contributed by atoms with Gasteiger partial charge in [0.25, 0.3) is 0 Å². The number of hydrogen-bond acceptors (Lipinski definition) is 3. The zero-order valence-corrected chi connectivity index (χ0v) is 12.0. The van der Waals surface area contributed by atoms with Gasteiger partial charge in [0.1, 0.15) is 0 Å². The molecule has 0 saturated heterocycles. The van der Waals surface area contributed by atoms with E-state index in [1.54, 1.807) is 0 Å². The molecule has 102 valence electrons. The van der Waals surface area contributed by atoms with Gasteiger partial charge in [0.15, 0.2) is 0 Å². The minimum atomic E-state index is 0.786. The Morgan fingerprint density at radius 2 is 2.00 bits per heavy atom. The summed E-state index contributed by atoms with van der Waals surface area (Å²) in [4.78, 5) is 9.00. The second kappa shape index (κ2) is 6.48. The molecular weight excluding hydrogens is 236 g/mol. The molecule has 4 heteroatoms. The number of nitrogens with one attached hydrogen (secondary N) is 1. The Labute approximate surface area is 114 Å². The van der Waals surface area contributed by atoms with E-state index in [1.165, 1.54) is 5.69 Å². The third kappa shape index (κ3) is 3.64. The number of rotatable bonds is 6. The van der Waals surface area contributed by atoms with E-state index in [1.807, 2.05) is 13.3 Å². The van der Waals surface area contributed by atoms with Crippen LogP contribution in [-0.2, 0) is 13.1 Å². The van der Waals surface area contributed by atoms with Gasteiger partial charge < -0.3 is 9.88 Å². The van der Waals surface area contributed by atoms with Crippen molar-refractivity contribution in [3.05, 3.63) is 47.3 Å². The van der Waals surface area contributed by atoms with Crippen LogP contribution in [0.5, 0.6) is 0 Å². The minimum Gasteiger partial charge on any atom is -0.329 e. The zero-order valence-electron chi connectivity index (χ0n) is 12.0. The second-order valence-corrected chi connectivity index (χ2v) is 4.84. The van der Waals surface area contributed by atoms with Crippen LogP contribution in [0.2, 0.25) is 0 Å². The summed E-state index contributed by atoms with van der Waals surface area (Å²) >= 11 is 0. The molecule has 0 bridgehead atoms. The fourth-order valence-corrected chi connectivity index (χ4v) is 1.99. The summed E-state index contributed by atoms with van der Waals surface area (Å²) < 4.78 is 2.14. The van der Waals surface area contributed by atoms with Crippen LogP contribution in [0.4, 0.5) is 0 Å². The van der Waals surface area contributed by atoms with Gasteiger partial charge in [-0.15, -0.1) is 0 Å². The molecule has 0 amide bonds. The van der Waals surface area contributed by atoms with Crippen LogP contribution in [0.3, 0.4) is 0 Å². The second-order valence-electron chi connectivity index (χ2n) is 4.84. The van der Waals surface area contributed by atoms with Gasteiger partial charge in [0, 0.05) is 12.2 Å². The number of imidazole rings is 1. The predicted octanol–water partition coefficient (Wildman–Crippen LogP) is 2.44. The summed E-state index contributed by atoms with van der Waals surface area (Å²) in [6.45, 7) is 8.95. The Kier molecular flexibility index (Phi) is 4.68. The Hall–Kier alpha value is -1.68. The van der Waals surface area contributed by atoms with E-state index in [-0.39, 0.29) is 0 Å². The van der Waals surface area contributed by atoms with Crippen molar-refractivity contribution >= 4 is 0 Å². The molecule has 0 spiro atoms. The summed E-state index contributed by atoms with van der Waals surface area (Å²) in [5.74, 6) is 0. The molecule has 2 aromatic rings. The Balaban J connectivity index is 2.04. The molecule has 0 aliphatic carbocycles. The first-order valence-corrected chi connectivity index (χ1v) is 6.84. The van der Waals surface area contributed by atoms with E-state index in [2.05, 4.69) is 51.9 Å². The summed E-state index contributed by atoms with van der Waals surface area (Å²) in [7, 11) is 0. The van der Waals surface area contributed by atoms with Crippen molar-refractivity contribution in [1.29, 1.82) is 0 Å². The van der Waals surface area contributed by atoms with Gasteiger partial charge in [-0.1, -0.05) is 13.0 Å². The maximum Gasteiger partial charge on any atom is 0.0955 e. The molecule has 19 heavy (non-hydrogen) atoms.